The smallest absolute Gasteiger partial charge is 0.304 e. The van der Waals surface area contributed by atoms with E-state index >= 15 is 0 Å². The molecule has 0 atom stereocenters. The molecule has 1 amide bonds. The number of carboxylic acid groups (broad SMARTS) is 1. The van der Waals surface area contributed by atoms with Gasteiger partial charge in [-0.05, 0) is 18.6 Å². The zero-order valence-corrected chi connectivity index (χ0v) is 13.3. The van der Waals surface area contributed by atoms with E-state index in [0.717, 1.165) is 24.9 Å². The Hall–Kier alpha value is -1.88. The monoisotopic (exact) mass is 306 g/mol. The molecule has 0 unspecified atom stereocenters. The molecule has 0 spiro atoms. The SMILES string of the molecule is CCCCCCN(C(=O)CNCCC(=O)O)c1ccccc1. The zero-order chi connectivity index (χ0) is 16.2. The number of amides is 1. The fourth-order valence-electron chi connectivity index (χ4n) is 2.19. The lowest BCUT2D eigenvalue weighted by molar-refractivity contribution is -0.137. The van der Waals surface area contributed by atoms with Crippen molar-refractivity contribution in [2.75, 3.05) is 24.5 Å². The molecular formula is C17H26N2O3. The minimum atomic E-state index is -0.862. The molecule has 0 saturated heterocycles. The molecule has 0 aliphatic carbocycles. The van der Waals surface area contributed by atoms with Gasteiger partial charge in [-0.25, -0.2) is 0 Å². The van der Waals surface area contributed by atoms with Crippen LogP contribution in [-0.4, -0.2) is 36.6 Å². The number of carbonyl (C=O) groups is 2. The van der Waals surface area contributed by atoms with Crippen LogP contribution >= 0.6 is 0 Å². The number of nitrogens with one attached hydrogen (secondary N) is 1. The Balaban J connectivity index is 2.52. The van der Waals surface area contributed by atoms with Crippen LogP contribution in [0.2, 0.25) is 0 Å². The van der Waals surface area contributed by atoms with Crippen LogP contribution in [-0.2, 0) is 9.59 Å². The Morgan fingerprint density at radius 2 is 1.86 bits per heavy atom. The van der Waals surface area contributed by atoms with E-state index in [0.29, 0.717) is 13.1 Å². The van der Waals surface area contributed by atoms with Crippen molar-refractivity contribution in [2.45, 2.75) is 39.0 Å². The van der Waals surface area contributed by atoms with Gasteiger partial charge in [-0.15, -0.1) is 0 Å². The summed E-state index contributed by atoms with van der Waals surface area (Å²) in [4.78, 5) is 24.6. The van der Waals surface area contributed by atoms with Crippen LogP contribution in [0.1, 0.15) is 39.0 Å². The van der Waals surface area contributed by atoms with Gasteiger partial charge < -0.3 is 15.3 Å². The largest absolute Gasteiger partial charge is 0.481 e. The van der Waals surface area contributed by atoms with Gasteiger partial charge in [-0.2, -0.15) is 0 Å². The number of benzene rings is 1. The van der Waals surface area contributed by atoms with Gasteiger partial charge in [0.1, 0.15) is 0 Å². The second-order valence-electron chi connectivity index (χ2n) is 5.26. The lowest BCUT2D eigenvalue weighted by Crippen LogP contribution is -2.39. The Morgan fingerprint density at radius 1 is 1.14 bits per heavy atom. The number of hydrogen-bond donors (Lipinski definition) is 2. The maximum absolute atomic E-state index is 12.4. The van der Waals surface area contributed by atoms with E-state index in [1.165, 1.54) is 6.42 Å². The van der Waals surface area contributed by atoms with Crippen LogP contribution in [0.3, 0.4) is 0 Å². The van der Waals surface area contributed by atoms with Crippen molar-refractivity contribution < 1.29 is 14.7 Å². The van der Waals surface area contributed by atoms with E-state index in [9.17, 15) is 9.59 Å². The number of para-hydroxylation sites is 1. The molecule has 0 heterocycles. The maximum atomic E-state index is 12.4. The lowest BCUT2D eigenvalue weighted by Gasteiger charge is -2.23. The average molecular weight is 306 g/mol. The first kappa shape index (κ1) is 18.2. The van der Waals surface area contributed by atoms with E-state index in [-0.39, 0.29) is 18.9 Å². The minimum absolute atomic E-state index is 0.0203. The predicted molar refractivity (Wildman–Crippen MR) is 88.1 cm³/mol. The summed E-state index contributed by atoms with van der Waals surface area (Å²) in [6.45, 7) is 3.32. The first-order chi connectivity index (χ1) is 10.6. The number of hydrogen-bond acceptors (Lipinski definition) is 3. The third-order valence-corrected chi connectivity index (χ3v) is 3.40. The van der Waals surface area contributed by atoms with Crippen LogP contribution < -0.4 is 10.2 Å². The molecule has 0 fully saturated rings. The molecule has 122 valence electrons. The van der Waals surface area contributed by atoms with Gasteiger partial charge in [0, 0.05) is 18.8 Å². The van der Waals surface area contributed by atoms with Crippen molar-refractivity contribution in [1.29, 1.82) is 0 Å². The number of carbonyl (C=O) groups excluding carboxylic acids is 1. The van der Waals surface area contributed by atoms with Crippen molar-refractivity contribution in [1.82, 2.24) is 5.32 Å². The molecule has 1 aromatic carbocycles. The van der Waals surface area contributed by atoms with Crippen LogP contribution in [0, 0.1) is 0 Å². The summed E-state index contributed by atoms with van der Waals surface area (Å²) >= 11 is 0. The van der Waals surface area contributed by atoms with Gasteiger partial charge in [-0.3, -0.25) is 9.59 Å². The second kappa shape index (κ2) is 10.8. The highest BCUT2D eigenvalue weighted by Crippen LogP contribution is 2.15. The Labute approximate surface area is 132 Å². The fraction of sp³-hybridized carbons (Fsp3) is 0.529. The van der Waals surface area contributed by atoms with E-state index in [1.54, 1.807) is 4.90 Å². The number of carboxylic acids is 1. The molecule has 0 radical (unpaired) electrons. The van der Waals surface area contributed by atoms with Gasteiger partial charge in [0.25, 0.3) is 0 Å². The van der Waals surface area contributed by atoms with E-state index < -0.39 is 5.97 Å². The van der Waals surface area contributed by atoms with E-state index in [2.05, 4.69) is 12.2 Å². The predicted octanol–water partition coefficient (Wildman–Crippen LogP) is 2.66. The normalized spacial score (nSPS) is 10.4. The molecular weight excluding hydrogens is 280 g/mol. The maximum Gasteiger partial charge on any atom is 0.304 e. The summed E-state index contributed by atoms with van der Waals surface area (Å²) in [5.41, 5.74) is 0.893. The van der Waals surface area contributed by atoms with Crippen molar-refractivity contribution >= 4 is 17.6 Å². The first-order valence-corrected chi connectivity index (χ1v) is 7.93. The molecule has 5 heteroatoms. The molecule has 2 N–H and O–H groups in total. The summed E-state index contributed by atoms with van der Waals surface area (Å²) in [7, 11) is 0. The summed E-state index contributed by atoms with van der Waals surface area (Å²) in [5.74, 6) is -0.882. The standard InChI is InChI=1S/C17H26N2O3/c1-2-3-4-8-13-19(15-9-6-5-7-10-15)16(20)14-18-12-11-17(21)22/h5-7,9-10,18H,2-4,8,11-14H2,1H3,(H,21,22). The number of nitrogens with zero attached hydrogens (tertiary/aromatic N) is 1. The molecule has 0 aliphatic rings. The Morgan fingerprint density at radius 3 is 2.50 bits per heavy atom. The highest BCUT2D eigenvalue weighted by Gasteiger charge is 2.14. The highest BCUT2D eigenvalue weighted by atomic mass is 16.4. The van der Waals surface area contributed by atoms with Gasteiger partial charge in [0.05, 0.1) is 13.0 Å². The third-order valence-electron chi connectivity index (χ3n) is 3.40. The van der Waals surface area contributed by atoms with Crippen molar-refractivity contribution in [2.24, 2.45) is 0 Å². The topological polar surface area (TPSA) is 69.6 Å². The van der Waals surface area contributed by atoms with Crippen molar-refractivity contribution in [3.05, 3.63) is 30.3 Å². The van der Waals surface area contributed by atoms with Crippen molar-refractivity contribution in [3.8, 4) is 0 Å². The highest BCUT2D eigenvalue weighted by molar-refractivity contribution is 5.94. The second-order valence-corrected chi connectivity index (χ2v) is 5.26. The van der Waals surface area contributed by atoms with E-state index in [1.807, 2.05) is 30.3 Å². The molecule has 1 aromatic rings. The number of anilines is 1. The first-order valence-electron chi connectivity index (χ1n) is 7.93. The average Bonchev–Trinajstić information content (AvgIpc) is 2.52. The number of unbranched alkanes of at least 4 members (excludes halogenated alkanes) is 3. The van der Waals surface area contributed by atoms with Crippen molar-refractivity contribution in [3.63, 3.8) is 0 Å². The summed E-state index contributed by atoms with van der Waals surface area (Å²) in [6.07, 6.45) is 4.45. The fourth-order valence-corrected chi connectivity index (χ4v) is 2.19. The summed E-state index contributed by atoms with van der Waals surface area (Å²) in [6, 6.07) is 9.61. The van der Waals surface area contributed by atoms with E-state index in [4.69, 9.17) is 5.11 Å². The Bertz CT molecular complexity index is 448. The molecule has 0 bridgehead atoms. The van der Waals surface area contributed by atoms with Crippen LogP contribution in [0.15, 0.2) is 30.3 Å². The van der Waals surface area contributed by atoms with Crippen LogP contribution in [0.4, 0.5) is 5.69 Å². The zero-order valence-electron chi connectivity index (χ0n) is 13.3. The molecule has 0 saturated carbocycles. The molecule has 22 heavy (non-hydrogen) atoms. The molecule has 0 aromatic heterocycles. The van der Waals surface area contributed by atoms with Crippen LogP contribution in [0.5, 0.6) is 0 Å². The van der Waals surface area contributed by atoms with Gasteiger partial charge in [-0.1, -0.05) is 44.4 Å². The molecule has 5 nitrogen and oxygen atoms in total. The molecule has 1 rings (SSSR count). The number of rotatable bonds is 11. The quantitative estimate of drug-likeness (QED) is 0.617. The molecule has 0 aliphatic heterocycles. The van der Waals surface area contributed by atoms with Gasteiger partial charge in [0.15, 0.2) is 0 Å². The minimum Gasteiger partial charge on any atom is -0.481 e. The van der Waals surface area contributed by atoms with Gasteiger partial charge >= 0.3 is 5.97 Å². The van der Waals surface area contributed by atoms with Crippen LogP contribution in [0.25, 0.3) is 0 Å². The summed E-state index contributed by atoms with van der Waals surface area (Å²) < 4.78 is 0. The Kier molecular flexibility index (Phi) is 8.91. The van der Waals surface area contributed by atoms with Gasteiger partial charge in [0.2, 0.25) is 5.91 Å². The number of aliphatic carboxylic acids is 1. The third kappa shape index (κ3) is 7.22. The summed E-state index contributed by atoms with van der Waals surface area (Å²) in [5, 5.41) is 11.5. The lowest BCUT2D eigenvalue weighted by atomic mass is 10.2.